The quantitative estimate of drug-likeness (QED) is 0.831. The lowest BCUT2D eigenvalue weighted by Gasteiger charge is -2.10. The van der Waals surface area contributed by atoms with Gasteiger partial charge >= 0.3 is 0 Å². The summed E-state index contributed by atoms with van der Waals surface area (Å²) in [5.41, 5.74) is 1.07. The molecule has 0 aromatic carbocycles. The number of nitrogens with zero attached hydrogens (tertiary/aromatic N) is 3. The third-order valence-electron chi connectivity index (χ3n) is 2.52. The van der Waals surface area contributed by atoms with Gasteiger partial charge in [0, 0.05) is 37.0 Å². The number of aromatic nitrogens is 3. The molecule has 0 aliphatic rings. The lowest BCUT2D eigenvalue weighted by Crippen LogP contribution is -2.12. The molecule has 0 atom stereocenters. The topological polar surface area (TPSA) is 62.7 Å². The van der Waals surface area contributed by atoms with E-state index in [0.29, 0.717) is 6.04 Å². The fraction of sp³-hybridized carbons (Fsp3) is 0.357. The van der Waals surface area contributed by atoms with Crippen LogP contribution in [0.5, 0.6) is 0 Å². The highest BCUT2D eigenvalue weighted by atomic mass is 15.1. The van der Waals surface area contributed by atoms with Gasteiger partial charge in [0.1, 0.15) is 18.0 Å². The number of hydrogen-bond donors (Lipinski definition) is 2. The first-order chi connectivity index (χ1) is 9.24. The molecule has 0 aliphatic carbocycles. The van der Waals surface area contributed by atoms with Crippen molar-refractivity contribution in [2.24, 2.45) is 0 Å². The molecule has 5 heteroatoms. The third kappa shape index (κ3) is 4.54. The van der Waals surface area contributed by atoms with Gasteiger partial charge < -0.3 is 10.6 Å². The van der Waals surface area contributed by atoms with Gasteiger partial charge in [-0.15, -0.1) is 0 Å². The molecule has 0 bridgehead atoms. The fourth-order valence-corrected chi connectivity index (χ4v) is 1.69. The summed E-state index contributed by atoms with van der Waals surface area (Å²) in [6.07, 6.45) is 4.25. The fourth-order valence-electron chi connectivity index (χ4n) is 1.69. The van der Waals surface area contributed by atoms with Crippen LogP contribution in [-0.4, -0.2) is 27.5 Å². The monoisotopic (exact) mass is 257 g/mol. The molecule has 2 heterocycles. The van der Waals surface area contributed by atoms with Crippen LogP contribution in [0.4, 0.5) is 11.6 Å². The summed E-state index contributed by atoms with van der Waals surface area (Å²) in [6, 6.07) is 8.21. The highest BCUT2D eigenvalue weighted by molar-refractivity contribution is 5.46. The van der Waals surface area contributed by atoms with Crippen LogP contribution < -0.4 is 10.6 Å². The maximum atomic E-state index is 4.28. The van der Waals surface area contributed by atoms with Crippen molar-refractivity contribution in [3.05, 3.63) is 42.5 Å². The molecule has 5 nitrogen and oxygen atoms in total. The Morgan fingerprint density at radius 3 is 2.68 bits per heavy atom. The van der Waals surface area contributed by atoms with Crippen molar-refractivity contribution in [3.8, 4) is 0 Å². The van der Waals surface area contributed by atoms with Gasteiger partial charge in [-0.25, -0.2) is 9.97 Å². The normalized spacial score (nSPS) is 10.5. The maximum Gasteiger partial charge on any atom is 0.131 e. The number of rotatable bonds is 6. The predicted octanol–water partition coefficient (Wildman–Crippen LogP) is 2.35. The predicted molar refractivity (Wildman–Crippen MR) is 77.2 cm³/mol. The van der Waals surface area contributed by atoms with Crippen LogP contribution in [0.1, 0.15) is 19.5 Å². The van der Waals surface area contributed by atoms with Crippen molar-refractivity contribution >= 4 is 11.6 Å². The van der Waals surface area contributed by atoms with Crippen molar-refractivity contribution < 1.29 is 0 Å². The van der Waals surface area contributed by atoms with Gasteiger partial charge in [-0.2, -0.15) is 0 Å². The van der Waals surface area contributed by atoms with Crippen LogP contribution in [0.3, 0.4) is 0 Å². The van der Waals surface area contributed by atoms with E-state index >= 15 is 0 Å². The van der Waals surface area contributed by atoms with E-state index in [1.807, 2.05) is 30.5 Å². The van der Waals surface area contributed by atoms with Crippen molar-refractivity contribution in [2.45, 2.75) is 26.3 Å². The van der Waals surface area contributed by atoms with E-state index in [1.54, 1.807) is 6.33 Å². The average molecular weight is 257 g/mol. The van der Waals surface area contributed by atoms with E-state index < -0.39 is 0 Å². The number of anilines is 2. The third-order valence-corrected chi connectivity index (χ3v) is 2.52. The number of pyridine rings is 1. The molecule has 0 unspecified atom stereocenters. The minimum atomic E-state index is 0.358. The Kier molecular flexibility index (Phi) is 4.66. The largest absolute Gasteiger partial charge is 0.370 e. The van der Waals surface area contributed by atoms with Crippen molar-refractivity contribution in [3.63, 3.8) is 0 Å². The van der Waals surface area contributed by atoms with E-state index in [9.17, 15) is 0 Å². The molecule has 0 radical (unpaired) electrons. The molecule has 0 amide bonds. The zero-order chi connectivity index (χ0) is 13.5. The first-order valence-corrected chi connectivity index (χ1v) is 6.46. The molecular weight excluding hydrogens is 238 g/mol. The highest BCUT2D eigenvalue weighted by Crippen LogP contribution is 2.09. The van der Waals surface area contributed by atoms with Crippen molar-refractivity contribution in [2.75, 3.05) is 17.2 Å². The van der Waals surface area contributed by atoms with Gasteiger partial charge in [0.2, 0.25) is 0 Å². The van der Waals surface area contributed by atoms with Crippen LogP contribution in [0.2, 0.25) is 0 Å². The van der Waals surface area contributed by atoms with Gasteiger partial charge in [-0.05, 0) is 26.0 Å². The standard InChI is InChI=1S/C14H19N5/c1-11(2)19-14-9-13(17-10-18-14)16-8-6-12-5-3-4-7-15-12/h3-5,7,9-11H,6,8H2,1-2H3,(H2,16,17,18,19). The van der Waals surface area contributed by atoms with Gasteiger partial charge in [0.15, 0.2) is 0 Å². The van der Waals surface area contributed by atoms with Crippen LogP contribution in [-0.2, 0) is 6.42 Å². The zero-order valence-corrected chi connectivity index (χ0v) is 11.3. The summed E-state index contributed by atoms with van der Waals surface area (Å²) < 4.78 is 0. The average Bonchev–Trinajstić information content (AvgIpc) is 2.40. The van der Waals surface area contributed by atoms with Crippen LogP contribution >= 0.6 is 0 Å². The van der Waals surface area contributed by atoms with E-state index in [4.69, 9.17) is 0 Å². The summed E-state index contributed by atoms with van der Waals surface area (Å²) in [4.78, 5) is 12.6. The van der Waals surface area contributed by atoms with E-state index in [-0.39, 0.29) is 0 Å². The smallest absolute Gasteiger partial charge is 0.131 e. The van der Waals surface area contributed by atoms with Gasteiger partial charge in [0.25, 0.3) is 0 Å². The first-order valence-electron chi connectivity index (χ1n) is 6.46. The van der Waals surface area contributed by atoms with Crippen LogP contribution in [0, 0.1) is 0 Å². The summed E-state index contributed by atoms with van der Waals surface area (Å²) >= 11 is 0. The minimum absolute atomic E-state index is 0.358. The molecule has 100 valence electrons. The highest BCUT2D eigenvalue weighted by Gasteiger charge is 2.00. The van der Waals surface area contributed by atoms with E-state index in [2.05, 4.69) is 39.4 Å². The molecule has 0 fully saturated rings. The first kappa shape index (κ1) is 13.3. The summed E-state index contributed by atoms with van der Waals surface area (Å²) in [7, 11) is 0. The van der Waals surface area contributed by atoms with Crippen LogP contribution in [0.25, 0.3) is 0 Å². The van der Waals surface area contributed by atoms with E-state index in [0.717, 1.165) is 30.3 Å². The molecular formula is C14H19N5. The second kappa shape index (κ2) is 6.68. The molecule has 2 aromatic rings. The summed E-state index contributed by atoms with van der Waals surface area (Å²) in [5.74, 6) is 1.67. The van der Waals surface area contributed by atoms with Gasteiger partial charge in [-0.1, -0.05) is 6.07 Å². The molecule has 0 spiro atoms. The van der Waals surface area contributed by atoms with E-state index in [1.165, 1.54) is 0 Å². The molecule has 2 aromatic heterocycles. The Labute approximate surface area is 113 Å². The molecule has 19 heavy (non-hydrogen) atoms. The molecule has 2 N–H and O–H groups in total. The Hall–Kier alpha value is -2.17. The molecule has 0 saturated carbocycles. The molecule has 2 rings (SSSR count). The molecule has 0 aliphatic heterocycles. The van der Waals surface area contributed by atoms with Gasteiger partial charge in [0.05, 0.1) is 0 Å². The lowest BCUT2D eigenvalue weighted by atomic mass is 10.3. The second-order valence-electron chi connectivity index (χ2n) is 4.59. The maximum absolute atomic E-state index is 4.28. The second-order valence-corrected chi connectivity index (χ2v) is 4.59. The Bertz CT molecular complexity index is 498. The minimum Gasteiger partial charge on any atom is -0.370 e. The number of nitrogens with one attached hydrogen (secondary N) is 2. The number of hydrogen-bond acceptors (Lipinski definition) is 5. The summed E-state index contributed by atoms with van der Waals surface area (Å²) in [5, 5.41) is 6.53. The lowest BCUT2D eigenvalue weighted by molar-refractivity contribution is 0.885. The van der Waals surface area contributed by atoms with Crippen LogP contribution in [0.15, 0.2) is 36.8 Å². The van der Waals surface area contributed by atoms with Crippen molar-refractivity contribution in [1.29, 1.82) is 0 Å². The Balaban J connectivity index is 1.86. The summed E-state index contributed by atoms with van der Waals surface area (Å²) in [6.45, 7) is 4.96. The van der Waals surface area contributed by atoms with Gasteiger partial charge in [-0.3, -0.25) is 4.98 Å². The Morgan fingerprint density at radius 2 is 1.95 bits per heavy atom. The van der Waals surface area contributed by atoms with Crippen molar-refractivity contribution in [1.82, 2.24) is 15.0 Å². The SMILES string of the molecule is CC(C)Nc1cc(NCCc2ccccn2)ncn1. The Morgan fingerprint density at radius 1 is 1.11 bits per heavy atom. The zero-order valence-electron chi connectivity index (χ0n) is 11.3. The molecule has 0 saturated heterocycles.